The Morgan fingerprint density at radius 1 is 1.53 bits per heavy atom. The minimum absolute atomic E-state index is 0.321. The Balaban J connectivity index is 2.01. The van der Waals surface area contributed by atoms with E-state index in [1.54, 1.807) is 0 Å². The van der Waals surface area contributed by atoms with Crippen LogP contribution in [0.4, 0.5) is 0 Å². The maximum Gasteiger partial charge on any atom is 0.118 e. The van der Waals surface area contributed by atoms with E-state index in [0.717, 1.165) is 31.1 Å². The van der Waals surface area contributed by atoms with Gasteiger partial charge in [-0.15, -0.1) is 0 Å². The zero-order valence-corrected chi connectivity index (χ0v) is 10.9. The van der Waals surface area contributed by atoms with Crippen LogP contribution in [-0.4, -0.2) is 30.7 Å². The highest BCUT2D eigenvalue weighted by Gasteiger charge is 2.28. The standard InChI is InChI=1S/C13H22N2O2/c1-9-11(6-12(7-14)17-9)8-15(3)13-4-5-16-10(13)2/h6,10,13H,4-5,7-8,14H2,1-3H3. The molecule has 0 radical (unpaired) electrons. The molecule has 0 aromatic carbocycles. The fourth-order valence-corrected chi connectivity index (χ4v) is 2.53. The Morgan fingerprint density at radius 3 is 2.82 bits per heavy atom. The Hall–Kier alpha value is -0.840. The molecule has 1 fully saturated rings. The average Bonchev–Trinajstić information content (AvgIpc) is 2.86. The summed E-state index contributed by atoms with van der Waals surface area (Å²) in [5, 5.41) is 0. The molecule has 0 bridgehead atoms. The zero-order chi connectivity index (χ0) is 12.4. The van der Waals surface area contributed by atoms with Gasteiger partial charge in [0.1, 0.15) is 11.5 Å². The number of nitrogens with two attached hydrogens (primary N) is 1. The second-order valence-electron chi connectivity index (χ2n) is 4.85. The molecule has 4 nitrogen and oxygen atoms in total. The van der Waals surface area contributed by atoms with E-state index < -0.39 is 0 Å². The lowest BCUT2D eigenvalue weighted by Crippen LogP contribution is -2.36. The highest BCUT2D eigenvalue weighted by atomic mass is 16.5. The molecule has 2 atom stereocenters. The Morgan fingerprint density at radius 2 is 2.29 bits per heavy atom. The molecule has 1 saturated heterocycles. The summed E-state index contributed by atoms with van der Waals surface area (Å²) < 4.78 is 11.2. The summed E-state index contributed by atoms with van der Waals surface area (Å²) in [6, 6.07) is 2.57. The third-order valence-electron chi connectivity index (χ3n) is 3.59. The summed E-state index contributed by atoms with van der Waals surface area (Å²) in [4.78, 5) is 2.34. The van der Waals surface area contributed by atoms with Crippen molar-refractivity contribution < 1.29 is 9.15 Å². The maximum atomic E-state index is 5.60. The van der Waals surface area contributed by atoms with E-state index in [4.69, 9.17) is 14.9 Å². The van der Waals surface area contributed by atoms with Crippen molar-refractivity contribution in [3.63, 3.8) is 0 Å². The van der Waals surface area contributed by atoms with Gasteiger partial charge in [-0.25, -0.2) is 0 Å². The third kappa shape index (κ3) is 2.70. The fourth-order valence-electron chi connectivity index (χ4n) is 2.53. The van der Waals surface area contributed by atoms with Gasteiger partial charge in [-0.1, -0.05) is 0 Å². The lowest BCUT2D eigenvalue weighted by Gasteiger charge is -2.26. The van der Waals surface area contributed by atoms with Crippen molar-refractivity contribution in [3.05, 3.63) is 23.2 Å². The third-order valence-corrected chi connectivity index (χ3v) is 3.59. The van der Waals surface area contributed by atoms with Crippen LogP contribution in [0.15, 0.2) is 10.5 Å². The summed E-state index contributed by atoms with van der Waals surface area (Å²) in [6.45, 7) is 6.37. The number of hydrogen-bond acceptors (Lipinski definition) is 4. The zero-order valence-electron chi connectivity index (χ0n) is 10.9. The minimum atomic E-state index is 0.321. The molecule has 0 amide bonds. The normalized spacial score (nSPS) is 24.8. The van der Waals surface area contributed by atoms with Crippen LogP contribution in [0.25, 0.3) is 0 Å². The first-order valence-corrected chi connectivity index (χ1v) is 6.22. The van der Waals surface area contributed by atoms with Gasteiger partial charge < -0.3 is 14.9 Å². The van der Waals surface area contributed by atoms with Crippen molar-refractivity contribution in [2.24, 2.45) is 5.73 Å². The number of nitrogens with zero attached hydrogens (tertiary/aromatic N) is 1. The Kier molecular flexibility index (Phi) is 3.86. The molecule has 2 heterocycles. The van der Waals surface area contributed by atoms with E-state index >= 15 is 0 Å². The quantitative estimate of drug-likeness (QED) is 0.866. The highest BCUT2D eigenvalue weighted by molar-refractivity contribution is 5.20. The van der Waals surface area contributed by atoms with Crippen LogP contribution in [0.3, 0.4) is 0 Å². The molecule has 2 unspecified atom stereocenters. The first-order valence-electron chi connectivity index (χ1n) is 6.22. The predicted molar refractivity (Wildman–Crippen MR) is 66.6 cm³/mol. The van der Waals surface area contributed by atoms with Crippen LogP contribution in [-0.2, 0) is 17.8 Å². The van der Waals surface area contributed by atoms with Crippen LogP contribution < -0.4 is 5.73 Å². The molecule has 2 rings (SSSR count). The van der Waals surface area contributed by atoms with Gasteiger partial charge in [0, 0.05) is 24.8 Å². The molecule has 1 aromatic heterocycles. The molecular formula is C13H22N2O2. The van der Waals surface area contributed by atoms with Gasteiger partial charge >= 0.3 is 0 Å². The molecule has 0 aliphatic carbocycles. The number of rotatable bonds is 4. The summed E-state index contributed by atoms with van der Waals surface area (Å²) in [6.07, 6.45) is 1.43. The van der Waals surface area contributed by atoms with E-state index in [-0.39, 0.29) is 0 Å². The Labute approximate surface area is 103 Å². The van der Waals surface area contributed by atoms with Crippen LogP contribution in [0.5, 0.6) is 0 Å². The van der Waals surface area contributed by atoms with Crippen molar-refractivity contribution in [3.8, 4) is 0 Å². The molecule has 0 spiro atoms. The number of aryl methyl sites for hydroxylation is 1. The second kappa shape index (κ2) is 5.21. The molecule has 2 N–H and O–H groups in total. The van der Waals surface area contributed by atoms with E-state index in [9.17, 15) is 0 Å². The number of hydrogen-bond donors (Lipinski definition) is 1. The molecule has 1 aliphatic heterocycles. The molecule has 1 aromatic rings. The number of likely N-dealkylation sites (N-methyl/N-ethyl adjacent to an activating group) is 1. The van der Waals surface area contributed by atoms with E-state index in [0.29, 0.717) is 18.7 Å². The van der Waals surface area contributed by atoms with Crippen LogP contribution in [0, 0.1) is 6.92 Å². The van der Waals surface area contributed by atoms with Crippen molar-refractivity contribution in [2.75, 3.05) is 13.7 Å². The van der Waals surface area contributed by atoms with Crippen molar-refractivity contribution >= 4 is 0 Å². The van der Waals surface area contributed by atoms with E-state index in [1.807, 2.05) is 6.92 Å². The molecule has 17 heavy (non-hydrogen) atoms. The predicted octanol–water partition coefficient (Wildman–Crippen LogP) is 1.66. The second-order valence-corrected chi connectivity index (χ2v) is 4.85. The molecule has 0 saturated carbocycles. The first kappa shape index (κ1) is 12.6. The van der Waals surface area contributed by atoms with Crippen LogP contribution in [0.1, 0.15) is 30.4 Å². The van der Waals surface area contributed by atoms with Gasteiger partial charge in [-0.3, -0.25) is 4.90 Å². The number of ether oxygens (including phenoxy) is 1. The fraction of sp³-hybridized carbons (Fsp3) is 0.692. The molecule has 96 valence electrons. The maximum absolute atomic E-state index is 5.60. The largest absolute Gasteiger partial charge is 0.465 e. The van der Waals surface area contributed by atoms with Crippen molar-refractivity contribution in [1.82, 2.24) is 4.90 Å². The van der Waals surface area contributed by atoms with Crippen LogP contribution >= 0.6 is 0 Å². The Bertz CT molecular complexity index is 375. The average molecular weight is 238 g/mol. The summed E-state index contributed by atoms with van der Waals surface area (Å²) >= 11 is 0. The monoisotopic (exact) mass is 238 g/mol. The smallest absolute Gasteiger partial charge is 0.118 e. The van der Waals surface area contributed by atoms with Gasteiger partial charge in [-0.2, -0.15) is 0 Å². The molecule has 4 heteroatoms. The number of furan rings is 1. The van der Waals surface area contributed by atoms with Gasteiger partial charge in [0.2, 0.25) is 0 Å². The van der Waals surface area contributed by atoms with Crippen molar-refractivity contribution in [2.45, 2.75) is 45.5 Å². The molecular weight excluding hydrogens is 216 g/mol. The highest BCUT2D eigenvalue weighted by Crippen LogP contribution is 2.22. The van der Waals surface area contributed by atoms with E-state index in [1.165, 1.54) is 5.56 Å². The van der Waals surface area contributed by atoms with Gasteiger partial charge in [0.05, 0.1) is 12.6 Å². The molecule has 1 aliphatic rings. The summed E-state index contributed by atoms with van der Waals surface area (Å²) in [5.41, 5.74) is 6.81. The SMILES string of the molecule is Cc1oc(CN)cc1CN(C)C1CCOC1C. The lowest BCUT2D eigenvalue weighted by atomic mass is 10.1. The van der Waals surface area contributed by atoms with Crippen LogP contribution in [0.2, 0.25) is 0 Å². The topological polar surface area (TPSA) is 51.6 Å². The van der Waals surface area contributed by atoms with Gasteiger partial charge in [-0.05, 0) is 33.4 Å². The lowest BCUT2D eigenvalue weighted by molar-refractivity contribution is 0.0813. The summed E-state index contributed by atoms with van der Waals surface area (Å²) in [7, 11) is 2.14. The van der Waals surface area contributed by atoms with E-state index in [2.05, 4.69) is 24.9 Å². The van der Waals surface area contributed by atoms with Crippen molar-refractivity contribution in [1.29, 1.82) is 0 Å². The summed E-state index contributed by atoms with van der Waals surface area (Å²) in [5.74, 6) is 1.84. The first-order chi connectivity index (χ1) is 8.11. The van der Waals surface area contributed by atoms with Gasteiger partial charge in [0.15, 0.2) is 0 Å². The minimum Gasteiger partial charge on any atom is -0.465 e. The van der Waals surface area contributed by atoms with Gasteiger partial charge in [0.25, 0.3) is 0 Å².